The second-order valence-corrected chi connectivity index (χ2v) is 4.60. The molecule has 0 radical (unpaired) electrons. The van der Waals surface area contributed by atoms with E-state index in [4.69, 9.17) is 10.2 Å². The predicted octanol–water partition coefficient (Wildman–Crippen LogP) is 1.87. The molecule has 1 aliphatic carbocycles. The summed E-state index contributed by atoms with van der Waals surface area (Å²) in [5.41, 5.74) is 6.41. The molecule has 2 unspecified atom stereocenters. The van der Waals surface area contributed by atoms with Crippen molar-refractivity contribution in [3.05, 3.63) is 24.2 Å². The lowest BCUT2D eigenvalue weighted by Crippen LogP contribution is -2.44. The largest absolute Gasteiger partial charge is 0.472 e. The van der Waals surface area contributed by atoms with E-state index in [2.05, 4.69) is 0 Å². The van der Waals surface area contributed by atoms with Gasteiger partial charge in [0.2, 0.25) is 0 Å². The van der Waals surface area contributed by atoms with Gasteiger partial charge in [0.15, 0.2) is 0 Å². The van der Waals surface area contributed by atoms with E-state index < -0.39 is 0 Å². The van der Waals surface area contributed by atoms with E-state index in [0.717, 1.165) is 19.4 Å². The van der Waals surface area contributed by atoms with Gasteiger partial charge in [0.1, 0.15) is 6.26 Å². The molecular weight excluding hydrogens is 216 g/mol. The summed E-state index contributed by atoms with van der Waals surface area (Å²) in [4.78, 5) is 14.3. The lowest BCUT2D eigenvalue weighted by atomic mass is 10.0. The van der Waals surface area contributed by atoms with E-state index in [1.807, 2.05) is 11.8 Å². The van der Waals surface area contributed by atoms with Crippen LogP contribution in [-0.4, -0.2) is 29.9 Å². The van der Waals surface area contributed by atoms with Gasteiger partial charge in [0.25, 0.3) is 5.91 Å². The minimum absolute atomic E-state index is 0.0617. The zero-order valence-corrected chi connectivity index (χ0v) is 10.3. The Morgan fingerprint density at radius 3 is 3.00 bits per heavy atom. The smallest absolute Gasteiger partial charge is 0.257 e. The van der Waals surface area contributed by atoms with Crippen LogP contribution in [0.1, 0.15) is 36.5 Å². The fourth-order valence-corrected chi connectivity index (χ4v) is 2.78. The van der Waals surface area contributed by atoms with Crippen molar-refractivity contribution in [3.63, 3.8) is 0 Å². The number of carbonyl (C=O) groups is 1. The number of furan rings is 1. The maximum atomic E-state index is 12.3. The van der Waals surface area contributed by atoms with Crippen molar-refractivity contribution in [3.8, 4) is 0 Å². The topological polar surface area (TPSA) is 59.5 Å². The molecule has 0 bridgehead atoms. The third kappa shape index (κ3) is 2.36. The van der Waals surface area contributed by atoms with Crippen LogP contribution in [0.2, 0.25) is 0 Å². The van der Waals surface area contributed by atoms with E-state index in [9.17, 15) is 4.79 Å². The minimum atomic E-state index is 0.0617. The Balaban J connectivity index is 2.13. The van der Waals surface area contributed by atoms with Gasteiger partial charge in [-0.3, -0.25) is 4.79 Å². The second kappa shape index (κ2) is 5.36. The average molecular weight is 236 g/mol. The Kier molecular flexibility index (Phi) is 3.84. The summed E-state index contributed by atoms with van der Waals surface area (Å²) in [6, 6.07) is 2.02. The number of nitrogens with zero attached hydrogens (tertiary/aromatic N) is 1. The molecule has 4 heteroatoms. The van der Waals surface area contributed by atoms with Crippen LogP contribution < -0.4 is 5.73 Å². The van der Waals surface area contributed by atoms with Gasteiger partial charge >= 0.3 is 0 Å². The monoisotopic (exact) mass is 236 g/mol. The summed E-state index contributed by atoms with van der Waals surface area (Å²) in [6.07, 6.45) is 6.42. The number of rotatable bonds is 4. The molecule has 4 nitrogen and oxygen atoms in total. The first-order valence-electron chi connectivity index (χ1n) is 6.31. The minimum Gasteiger partial charge on any atom is -0.472 e. The molecule has 1 heterocycles. The lowest BCUT2D eigenvalue weighted by Gasteiger charge is -2.31. The second-order valence-electron chi connectivity index (χ2n) is 4.60. The Bertz CT molecular complexity index is 362. The summed E-state index contributed by atoms with van der Waals surface area (Å²) in [6.45, 7) is 3.41. The molecule has 0 spiro atoms. The van der Waals surface area contributed by atoms with Gasteiger partial charge < -0.3 is 15.1 Å². The highest BCUT2D eigenvalue weighted by atomic mass is 16.3. The first-order valence-corrected chi connectivity index (χ1v) is 6.31. The summed E-state index contributed by atoms with van der Waals surface area (Å²) < 4.78 is 4.97. The molecule has 0 aliphatic heterocycles. The fraction of sp³-hybridized carbons (Fsp3) is 0.615. The normalized spacial score (nSPS) is 23.9. The standard InChI is InChI=1S/C13H20N2O2/c1-2-15(12-5-3-4-10(12)8-14)13(16)11-6-7-17-9-11/h6-7,9-10,12H,2-5,8,14H2,1H3. The van der Waals surface area contributed by atoms with Crippen molar-refractivity contribution in [2.24, 2.45) is 11.7 Å². The van der Waals surface area contributed by atoms with Gasteiger partial charge in [-0.2, -0.15) is 0 Å². The van der Waals surface area contributed by atoms with Gasteiger partial charge in [0, 0.05) is 12.6 Å². The van der Waals surface area contributed by atoms with E-state index >= 15 is 0 Å². The number of hydrogen-bond donors (Lipinski definition) is 1. The third-order valence-corrected chi connectivity index (χ3v) is 3.69. The molecule has 2 atom stereocenters. The van der Waals surface area contributed by atoms with Gasteiger partial charge in [0.05, 0.1) is 11.8 Å². The molecule has 1 aromatic heterocycles. The SMILES string of the molecule is CCN(C(=O)c1ccoc1)C1CCCC1CN. The lowest BCUT2D eigenvalue weighted by molar-refractivity contribution is 0.0651. The molecule has 2 rings (SSSR count). The molecule has 0 aromatic carbocycles. The van der Waals surface area contributed by atoms with Gasteiger partial charge in [-0.25, -0.2) is 0 Å². The Hall–Kier alpha value is -1.29. The average Bonchev–Trinajstić information content (AvgIpc) is 3.01. The molecule has 2 N–H and O–H groups in total. The highest BCUT2D eigenvalue weighted by Gasteiger charge is 2.33. The van der Waals surface area contributed by atoms with Crippen LogP contribution >= 0.6 is 0 Å². The van der Waals surface area contributed by atoms with Crippen LogP contribution in [0.25, 0.3) is 0 Å². The number of amides is 1. The summed E-state index contributed by atoms with van der Waals surface area (Å²) in [5, 5.41) is 0. The summed E-state index contributed by atoms with van der Waals surface area (Å²) in [7, 11) is 0. The van der Waals surface area contributed by atoms with Crippen LogP contribution in [0.4, 0.5) is 0 Å². The maximum absolute atomic E-state index is 12.3. The van der Waals surface area contributed by atoms with Crippen molar-refractivity contribution in [1.29, 1.82) is 0 Å². The molecule has 17 heavy (non-hydrogen) atoms. The van der Waals surface area contributed by atoms with Crippen molar-refractivity contribution in [2.45, 2.75) is 32.2 Å². The van der Waals surface area contributed by atoms with Gasteiger partial charge in [-0.05, 0) is 38.3 Å². The molecule has 1 fully saturated rings. The number of carbonyl (C=O) groups excluding carboxylic acids is 1. The first kappa shape index (κ1) is 12.2. The predicted molar refractivity (Wildman–Crippen MR) is 65.6 cm³/mol. The molecule has 0 saturated heterocycles. The quantitative estimate of drug-likeness (QED) is 0.868. The van der Waals surface area contributed by atoms with Crippen molar-refractivity contribution < 1.29 is 9.21 Å². The van der Waals surface area contributed by atoms with E-state index in [-0.39, 0.29) is 5.91 Å². The zero-order valence-electron chi connectivity index (χ0n) is 10.3. The molecule has 94 valence electrons. The number of hydrogen-bond acceptors (Lipinski definition) is 3. The molecule has 1 aromatic rings. The highest BCUT2D eigenvalue weighted by Crippen LogP contribution is 2.30. The summed E-state index contributed by atoms with van der Waals surface area (Å²) >= 11 is 0. The van der Waals surface area contributed by atoms with Crippen LogP contribution in [0.15, 0.2) is 23.0 Å². The van der Waals surface area contributed by atoms with Gasteiger partial charge in [-0.15, -0.1) is 0 Å². The molecular formula is C13H20N2O2. The summed E-state index contributed by atoms with van der Waals surface area (Å²) in [5.74, 6) is 0.511. The van der Waals surface area contributed by atoms with Crippen LogP contribution in [-0.2, 0) is 0 Å². The van der Waals surface area contributed by atoms with Crippen molar-refractivity contribution in [2.75, 3.05) is 13.1 Å². The van der Waals surface area contributed by atoms with Crippen LogP contribution in [0.3, 0.4) is 0 Å². The first-order chi connectivity index (χ1) is 8.27. The van der Waals surface area contributed by atoms with E-state index in [1.54, 1.807) is 6.07 Å². The van der Waals surface area contributed by atoms with E-state index in [0.29, 0.717) is 24.1 Å². The van der Waals surface area contributed by atoms with Crippen molar-refractivity contribution >= 4 is 5.91 Å². The fourth-order valence-electron chi connectivity index (χ4n) is 2.78. The third-order valence-electron chi connectivity index (χ3n) is 3.69. The molecule has 1 amide bonds. The zero-order chi connectivity index (χ0) is 12.3. The Morgan fingerprint density at radius 2 is 2.41 bits per heavy atom. The Morgan fingerprint density at radius 1 is 1.59 bits per heavy atom. The Labute approximate surface area is 102 Å². The van der Waals surface area contributed by atoms with Crippen molar-refractivity contribution in [1.82, 2.24) is 4.90 Å². The number of nitrogens with two attached hydrogens (primary N) is 1. The van der Waals surface area contributed by atoms with Gasteiger partial charge in [-0.1, -0.05) is 6.42 Å². The molecule has 1 saturated carbocycles. The van der Waals surface area contributed by atoms with Crippen LogP contribution in [0, 0.1) is 5.92 Å². The molecule has 1 aliphatic rings. The highest BCUT2D eigenvalue weighted by molar-refractivity contribution is 5.94. The maximum Gasteiger partial charge on any atom is 0.257 e. The van der Waals surface area contributed by atoms with Crippen LogP contribution in [0.5, 0.6) is 0 Å². The van der Waals surface area contributed by atoms with E-state index in [1.165, 1.54) is 18.9 Å².